The van der Waals surface area contributed by atoms with Crippen molar-refractivity contribution in [1.82, 2.24) is 0 Å². The molecule has 1 nitrogen and oxygen atoms in total. The third-order valence-electron chi connectivity index (χ3n) is 3.73. The average molecular weight is 336 g/mol. The van der Waals surface area contributed by atoms with Crippen LogP contribution in [0.15, 0.2) is 55.6 Å². The van der Waals surface area contributed by atoms with Gasteiger partial charge in [-0.1, -0.05) is 79.4 Å². The van der Waals surface area contributed by atoms with Crippen LogP contribution < -0.4 is 5.32 Å². The molecule has 2 aromatic carbocycles. The minimum absolute atomic E-state index is 0.663. The summed E-state index contributed by atoms with van der Waals surface area (Å²) in [6.07, 6.45) is 11.7. The molecule has 24 heavy (non-hydrogen) atoms. The maximum atomic E-state index is 6.60. The Hall–Kier alpha value is -2.51. The number of benzene rings is 2. The Morgan fingerprint density at radius 2 is 1.58 bits per heavy atom. The number of anilines is 2. The predicted molar refractivity (Wildman–Crippen MR) is 111 cm³/mol. The van der Waals surface area contributed by atoms with E-state index in [0.717, 1.165) is 33.6 Å². The van der Waals surface area contributed by atoms with Crippen molar-refractivity contribution in [2.45, 2.75) is 13.8 Å². The lowest BCUT2D eigenvalue weighted by molar-refractivity contribution is 1.49. The number of rotatable bonds is 6. The smallest absolute Gasteiger partial charge is 0.0719 e. The second-order valence-electron chi connectivity index (χ2n) is 5.27. The van der Waals surface area contributed by atoms with E-state index in [9.17, 15) is 0 Å². The van der Waals surface area contributed by atoms with Crippen molar-refractivity contribution in [3.63, 3.8) is 0 Å². The Bertz CT molecular complexity index is 813. The SMILES string of the molecule is C=Cc1cccc(Nc2ccc(/C=C\C)c(C=C)c2Cl)c1/C=C\C. The van der Waals surface area contributed by atoms with Gasteiger partial charge in [0.05, 0.1) is 10.7 Å². The van der Waals surface area contributed by atoms with Gasteiger partial charge < -0.3 is 5.32 Å². The first-order chi connectivity index (χ1) is 11.7. The van der Waals surface area contributed by atoms with Gasteiger partial charge in [-0.3, -0.25) is 0 Å². The molecule has 1 N–H and O–H groups in total. The predicted octanol–water partition coefficient (Wildman–Crippen LogP) is 7.44. The first kappa shape index (κ1) is 17.8. The summed E-state index contributed by atoms with van der Waals surface area (Å²) in [5.74, 6) is 0. The van der Waals surface area contributed by atoms with Crippen molar-refractivity contribution in [2.75, 3.05) is 5.32 Å². The van der Waals surface area contributed by atoms with Crippen molar-refractivity contribution in [3.05, 3.63) is 82.9 Å². The number of nitrogens with one attached hydrogen (secondary N) is 1. The largest absolute Gasteiger partial charge is 0.354 e. The molecule has 2 rings (SSSR count). The fourth-order valence-corrected chi connectivity index (χ4v) is 2.90. The van der Waals surface area contributed by atoms with Gasteiger partial charge in [0.15, 0.2) is 0 Å². The fraction of sp³-hybridized carbons (Fsp3) is 0.0909. The monoisotopic (exact) mass is 335 g/mol. The van der Waals surface area contributed by atoms with Gasteiger partial charge in [-0.2, -0.15) is 0 Å². The van der Waals surface area contributed by atoms with Gasteiger partial charge >= 0.3 is 0 Å². The Balaban J connectivity index is 2.53. The third kappa shape index (κ3) is 3.69. The highest BCUT2D eigenvalue weighted by molar-refractivity contribution is 6.35. The van der Waals surface area contributed by atoms with Crippen molar-refractivity contribution >= 4 is 47.3 Å². The van der Waals surface area contributed by atoms with Gasteiger partial charge in [0.25, 0.3) is 0 Å². The Morgan fingerprint density at radius 1 is 0.833 bits per heavy atom. The van der Waals surface area contributed by atoms with E-state index in [2.05, 4.69) is 24.6 Å². The molecular weight excluding hydrogens is 314 g/mol. The first-order valence-electron chi connectivity index (χ1n) is 7.89. The average Bonchev–Trinajstić information content (AvgIpc) is 2.59. The molecule has 2 aromatic rings. The fourth-order valence-electron chi connectivity index (χ4n) is 2.60. The molecule has 0 aliphatic carbocycles. The zero-order valence-electron chi connectivity index (χ0n) is 14.1. The summed E-state index contributed by atoms with van der Waals surface area (Å²) in [4.78, 5) is 0. The number of hydrogen-bond acceptors (Lipinski definition) is 1. The summed E-state index contributed by atoms with van der Waals surface area (Å²) in [7, 11) is 0. The van der Waals surface area contributed by atoms with Crippen LogP contribution in [-0.4, -0.2) is 0 Å². The Labute approximate surface area is 149 Å². The molecule has 0 radical (unpaired) electrons. The summed E-state index contributed by atoms with van der Waals surface area (Å²) in [5, 5.41) is 4.10. The summed E-state index contributed by atoms with van der Waals surface area (Å²) in [5.41, 5.74) is 5.98. The van der Waals surface area contributed by atoms with Gasteiger partial charge in [0, 0.05) is 16.8 Å². The topological polar surface area (TPSA) is 12.0 Å². The van der Waals surface area contributed by atoms with Crippen molar-refractivity contribution in [3.8, 4) is 0 Å². The lowest BCUT2D eigenvalue weighted by Gasteiger charge is -2.15. The van der Waals surface area contributed by atoms with E-state index < -0.39 is 0 Å². The van der Waals surface area contributed by atoms with Crippen molar-refractivity contribution < 1.29 is 0 Å². The highest BCUT2D eigenvalue weighted by Crippen LogP contribution is 2.34. The Morgan fingerprint density at radius 3 is 2.21 bits per heavy atom. The molecule has 0 aliphatic heterocycles. The molecule has 0 unspecified atom stereocenters. The highest BCUT2D eigenvalue weighted by atomic mass is 35.5. The van der Waals surface area contributed by atoms with Crippen molar-refractivity contribution in [1.29, 1.82) is 0 Å². The van der Waals surface area contributed by atoms with Crippen LogP contribution in [0, 0.1) is 0 Å². The quantitative estimate of drug-likeness (QED) is 0.578. The molecule has 0 amide bonds. The van der Waals surface area contributed by atoms with Crippen LogP contribution in [-0.2, 0) is 0 Å². The molecule has 0 heterocycles. The third-order valence-corrected chi connectivity index (χ3v) is 4.13. The van der Waals surface area contributed by atoms with Crippen LogP contribution in [0.5, 0.6) is 0 Å². The van der Waals surface area contributed by atoms with Gasteiger partial charge in [-0.25, -0.2) is 0 Å². The van der Waals surface area contributed by atoms with Crippen LogP contribution in [0.3, 0.4) is 0 Å². The molecule has 0 spiro atoms. The molecule has 0 atom stereocenters. The number of hydrogen-bond donors (Lipinski definition) is 1. The van der Waals surface area contributed by atoms with E-state index in [1.165, 1.54) is 0 Å². The standard InChI is InChI=1S/C22H22ClN/c1-5-10-17-14-15-21(22(23)18(17)8-4)24-20-13-9-12-16(7-3)19(20)11-6-2/h5-15,24H,3-4H2,1-2H3/b10-5-,11-6-. The van der Waals surface area contributed by atoms with E-state index in [1.54, 1.807) is 6.08 Å². The molecule has 0 bridgehead atoms. The van der Waals surface area contributed by atoms with Gasteiger partial charge in [-0.15, -0.1) is 0 Å². The molecule has 0 saturated carbocycles. The van der Waals surface area contributed by atoms with Gasteiger partial charge in [0.2, 0.25) is 0 Å². The van der Waals surface area contributed by atoms with E-state index in [1.807, 2.05) is 68.5 Å². The molecule has 0 fully saturated rings. The minimum Gasteiger partial charge on any atom is -0.354 e. The second-order valence-corrected chi connectivity index (χ2v) is 5.65. The van der Waals surface area contributed by atoms with Crippen molar-refractivity contribution in [2.24, 2.45) is 0 Å². The van der Waals surface area contributed by atoms with E-state index in [4.69, 9.17) is 11.6 Å². The van der Waals surface area contributed by atoms with Crippen LogP contribution in [0.25, 0.3) is 24.3 Å². The molecule has 2 heteroatoms. The van der Waals surface area contributed by atoms with E-state index in [-0.39, 0.29) is 0 Å². The summed E-state index contributed by atoms with van der Waals surface area (Å²) in [6, 6.07) is 10.1. The van der Waals surface area contributed by atoms with Crippen LogP contribution >= 0.6 is 11.6 Å². The van der Waals surface area contributed by atoms with E-state index >= 15 is 0 Å². The first-order valence-corrected chi connectivity index (χ1v) is 8.26. The number of allylic oxidation sites excluding steroid dienone is 2. The highest BCUT2D eigenvalue weighted by Gasteiger charge is 2.10. The van der Waals surface area contributed by atoms with Crippen LogP contribution in [0.4, 0.5) is 11.4 Å². The normalized spacial score (nSPS) is 11.1. The Kier molecular flexibility index (Phi) is 6.22. The maximum absolute atomic E-state index is 6.60. The van der Waals surface area contributed by atoms with Gasteiger partial charge in [-0.05, 0) is 37.1 Å². The second kappa shape index (κ2) is 8.37. The van der Waals surface area contributed by atoms with E-state index in [0.29, 0.717) is 5.02 Å². The van der Waals surface area contributed by atoms with Gasteiger partial charge in [0.1, 0.15) is 0 Å². The molecule has 122 valence electrons. The molecule has 0 aliphatic rings. The molecular formula is C22H22ClN. The summed E-state index contributed by atoms with van der Waals surface area (Å²) < 4.78 is 0. The summed E-state index contributed by atoms with van der Waals surface area (Å²) in [6.45, 7) is 11.8. The summed E-state index contributed by atoms with van der Waals surface area (Å²) >= 11 is 6.60. The molecule has 0 saturated heterocycles. The maximum Gasteiger partial charge on any atom is 0.0719 e. The minimum atomic E-state index is 0.663. The zero-order chi connectivity index (χ0) is 17.5. The zero-order valence-corrected chi connectivity index (χ0v) is 14.9. The lowest BCUT2D eigenvalue weighted by Crippen LogP contribution is -1.97. The van der Waals surface area contributed by atoms with Crippen LogP contribution in [0.2, 0.25) is 5.02 Å². The number of halogens is 1. The molecule has 0 aromatic heterocycles. The lowest BCUT2D eigenvalue weighted by atomic mass is 10.0. The van der Waals surface area contributed by atoms with Crippen LogP contribution in [0.1, 0.15) is 36.1 Å².